The largest absolute Gasteiger partial charge is 0.257 e. The average Bonchev–Trinajstić information content (AvgIpc) is 2.01. The third-order valence-electron chi connectivity index (χ3n) is 1.14. The highest BCUT2D eigenvalue weighted by atomic mass is 35.5. The number of pyridine rings is 1. The van der Waals surface area contributed by atoms with Gasteiger partial charge in [-0.05, 0) is 18.2 Å². The van der Waals surface area contributed by atoms with Crippen molar-refractivity contribution in [2.45, 2.75) is 0 Å². The van der Waals surface area contributed by atoms with Crippen LogP contribution in [0.15, 0.2) is 24.4 Å². The molecule has 0 bridgehead atoms. The maximum absolute atomic E-state index is 5.73. The van der Waals surface area contributed by atoms with Gasteiger partial charge in [0, 0.05) is 17.0 Å². The van der Waals surface area contributed by atoms with Gasteiger partial charge in [-0.15, -0.1) is 0 Å². The van der Waals surface area contributed by atoms with Gasteiger partial charge in [0.2, 0.25) is 0 Å². The van der Waals surface area contributed by atoms with E-state index in [0.29, 0.717) is 10.8 Å². The molecule has 1 nitrogen and oxygen atoms in total. The molecule has 0 spiro atoms. The Hall–Kier alpha value is -0.470. The molecule has 0 saturated heterocycles. The van der Waals surface area contributed by atoms with E-state index >= 15 is 0 Å². The fourth-order valence-corrected chi connectivity index (χ4v) is 0.959. The molecule has 1 aromatic rings. The molecule has 11 heavy (non-hydrogen) atoms. The number of halogens is 1. The molecule has 1 aromatic heterocycles. The van der Waals surface area contributed by atoms with Crippen molar-refractivity contribution < 1.29 is 0 Å². The Morgan fingerprint density at radius 2 is 2.45 bits per heavy atom. The molecule has 1 rings (SSSR count). The summed E-state index contributed by atoms with van der Waals surface area (Å²) >= 11 is 9.76. The summed E-state index contributed by atoms with van der Waals surface area (Å²) in [7, 11) is 0. The van der Waals surface area contributed by atoms with Gasteiger partial charge in [0.05, 0.1) is 5.69 Å². The fourth-order valence-electron chi connectivity index (χ4n) is 0.686. The Balaban J connectivity index is 2.79. The maximum atomic E-state index is 5.73. The molecule has 1 heterocycles. The van der Waals surface area contributed by atoms with Crippen molar-refractivity contribution in [3.05, 3.63) is 35.1 Å². The third kappa shape index (κ3) is 2.95. The number of hydrogen-bond acceptors (Lipinski definition) is 2. The van der Waals surface area contributed by atoms with E-state index in [9.17, 15) is 0 Å². The van der Waals surface area contributed by atoms with E-state index in [2.05, 4.69) is 17.6 Å². The van der Waals surface area contributed by atoms with Crippen molar-refractivity contribution in [1.82, 2.24) is 4.98 Å². The second kappa shape index (κ2) is 4.42. The van der Waals surface area contributed by atoms with Gasteiger partial charge in [0.25, 0.3) is 0 Å². The maximum Gasteiger partial charge on any atom is 0.0641 e. The minimum Gasteiger partial charge on any atom is -0.257 e. The van der Waals surface area contributed by atoms with E-state index < -0.39 is 0 Å². The molecule has 0 aliphatic carbocycles. The Morgan fingerprint density at radius 3 is 3.09 bits per heavy atom. The normalized spacial score (nSPS) is 10.7. The van der Waals surface area contributed by atoms with Crippen LogP contribution in [0.2, 0.25) is 5.02 Å². The minimum atomic E-state index is 0.707. The summed E-state index contributed by atoms with van der Waals surface area (Å²) < 4.78 is 0. The highest BCUT2D eigenvalue weighted by Crippen LogP contribution is 2.08. The zero-order valence-electron chi connectivity index (χ0n) is 5.87. The zero-order chi connectivity index (χ0) is 8.10. The summed E-state index contributed by atoms with van der Waals surface area (Å²) in [6.45, 7) is 0. The van der Waals surface area contributed by atoms with E-state index in [4.69, 9.17) is 11.6 Å². The molecule has 3 heteroatoms. The highest BCUT2D eigenvalue weighted by molar-refractivity contribution is 7.80. The van der Waals surface area contributed by atoms with Gasteiger partial charge in [-0.3, -0.25) is 4.98 Å². The van der Waals surface area contributed by atoms with Crippen LogP contribution in [0.25, 0.3) is 6.08 Å². The standard InChI is InChI=1S/C8H8ClNS/c9-7-3-4-10-8(6-7)2-1-5-11/h1-4,6,11H,5H2. The fraction of sp³-hybridized carbons (Fsp3) is 0.125. The van der Waals surface area contributed by atoms with Crippen LogP contribution in [-0.2, 0) is 0 Å². The number of nitrogens with zero attached hydrogens (tertiary/aromatic N) is 1. The number of thiol groups is 1. The third-order valence-corrected chi connectivity index (χ3v) is 1.58. The van der Waals surface area contributed by atoms with Crippen molar-refractivity contribution in [3.63, 3.8) is 0 Å². The van der Waals surface area contributed by atoms with Gasteiger partial charge < -0.3 is 0 Å². The van der Waals surface area contributed by atoms with Gasteiger partial charge in [-0.1, -0.05) is 17.7 Å². The summed E-state index contributed by atoms with van der Waals surface area (Å²) in [5.74, 6) is 0.716. The molecule has 0 aliphatic heterocycles. The molecule has 0 radical (unpaired) electrons. The summed E-state index contributed by atoms with van der Waals surface area (Å²) in [6.07, 6.45) is 5.49. The minimum absolute atomic E-state index is 0.707. The zero-order valence-corrected chi connectivity index (χ0v) is 7.52. The van der Waals surface area contributed by atoms with E-state index in [-0.39, 0.29) is 0 Å². The molecule has 0 aromatic carbocycles. The summed E-state index contributed by atoms with van der Waals surface area (Å²) in [5, 5.41) is 0.707. The first-order valence-corrected chi connectivity index (χ1v) is 4.23. The second-order valence-electron chi connectivity index (χ2n) is 1.98. The molecule has 0 unspecified atom stereocenters. The van der Waals surface area contributed by atoms with Crippen LogP contribution in [-0.4, -0.2) is 10.7 Å². The van der Waals surface area contributed by atoms with E-state index in [0.717, 1.165) is 5.69 Å². The van der Waals surface area contributed by atoms with Crippen LogP contribution in [0, 0.1) is 0 Å². The molecule has 0 fully saturated rings. The lowest BCUT2D eigenvalue weighted by atomic mass is 10.3. The lowest BCUT2D eigenvalue weighted by molar-refractivity contribution is 1.29. The van der Waals surface area contributed by atoms with Crippen molar-refractivity contribution in [2.24, 2.45) is 0 Å². The molecular formula is C8H8ClNS. The SMILES string of the molecule is SCC=Cc1cc(Cl)ccn1. The topological polar surface area (TPSA) is 12.9 Å². The van der Waals surface area contributed by atoms with Crippen LogP contribution in [0.1, 0.15) is 5.69 Å². The van der Waals surface area contributed by atoms with Crippen LogP contribution in [0.3, 0.4) is 0 Å². The van der Waals surface area contributed by atoms with Gasteiger partial charge in [0.15, 0.2) is 0 Å². The number of aromatic nitrogens is 1. The number of rotatable bonds is 2. The van der Waals surface area contributed by atoms with E-state index in [1.54, 1.807) is 12.3 Å². The van der Waals surface area contributed by atoms with E-state index in [1.165, 1.54) is 0 Å². The van der Waals surface area contributed by atoms with Crippen molar-refractivity contribution in [3.8, 4) is 0 Å². The van der Waals surface area contributed by atoms with Crippen molar-refractivity contribution >= 4 is 30.3 Å². The monoisotopic (exact) mass is 185 g/mol. The van der Waals surface area contributed by atoms with Crippen LogP contribution in [0.4, 0.5) is 0 Å². The Bertz CT molecular complexity index is 260. The van der Waals surface area contributed by atoms with Crippen molar-refractivity contribution in [2.75, 3.05) is 5.75 Å². The van der Waals surface area contributed by atoms with Gasteiger partial charge in [-0.2, -0.15) is 12.6 Å². The molecule has 0 amide bonds. The summed E-state index contributed by atoms with van der Waals surface area (Å²) in [5.41, 5.74) is 0.867. The molecule has 58 valence electrons. The Morgan fingerprint density at radius 1 is 1.64 bits per heavy atom. The predicted molar refractivity (Wildman–Crippen MR) is 52.1 cm³/mol. The summed E-state index contributed by atoms with van der Waals surface area (Å²) in [6, 6.07) is 3.56. The molecule has 0 saturated carbocycles. The quantitative estimate of drug-likeness (QED) is 0.700. The first kappa shape index (κ1) is 8.62. The highest BCUT2D eigenvalue weighted by Gasteiger charge is 1.88. The van der Waals surface area contributed by atoms with Gasteiger partial charge >= 0.3 is 0 Å². The molecule has 0 atom stereocenters. The molecule has 0 aliphatic rings. The van der Waals surface area contributed by atoms with Crippen LogP contribution in [0.5, 0.6) is 0 Å². The first-order chi connectivity index (χ1) is 5.33. The Labute approximate surface area is 76.5 Å². The van der Waals surface area contributed by atoms with Crippen molar-refractivity contribution in [1.29, 1.82) is 0 Å². The average molecular weight is 186 g/mol. The Kier molecular flexibility index (Phi) is 3.46. The van der Waals surface area contributed by atoms with Gasteiger partial charge in [0.1, 0.15) is 0 Å². The first-order valence-electron chi connectivity index (χ1n) is 3.22. The molecule has 0 N–H and O–H groups in total. The van der Waals surface area contributed by atoms with Gasteiger partial charge in [-0.25, -0.2) is 0 Å². The summed E-state index contributed by atoms with van der Waals surface area (Å²) in [4.78, 5) is 4.07. The molecular weight excluding hydrogens is 178 g/mol. The number of hydrogen-bond donors (Lipinski definition) is 1. The van der Waals surface area contributed by atoms with Crippen LogP contribution >= 0.6 is 24.2 Å². The second-order valence-corrected chi connectivity index (χ2v) is 2.79. The predicted octanol–water partition coefficient (Wildman–Crippen LogP) is 2.68. The lowest BCUT2D eigenvalue weighted by Gasteiger charge is -1.91. The smallest absolute Gasteiger partial charge is 0.0641 e. The van der Waals surface area contributed by atoms with E-state index in [1.807, 2.05) is 18.2 Å². The van der Waals surface area contributed by atoms with Crippen LogP contribution < -0.4 is 0 Å². The lowest BCUT2D eigenvalue weighted by Crippen LogP contribution is -1.77.